The average molecular weight is 390 g/mol. The molecule has 140 valence electrons. The van der Waals surface area contributed by atoms with E-state index >= 15 is 0 Å². The summed E-state index contributed by atoms with van der Waals surface area (Å²) in [5.74, 6) is 1.93. The molecule has 0 spiro atoms. The van der Waals surface area contributed by atoms with Crippen molar-refractivity contribution in [2.24, 2.45) is 11.8 Å². The number of hydrogen-bond donors (Lipinski definition) is 0. The van der Waals surface area contributed by atoms with Crippen LogP contribution in [0.2, 0.25) is 10.2 Å². The molecule has 1 aliphatic rings. The van der Waals surface area contributed by atoms with E-state index in [9.17, 15) is 0 Å². The van der Waals surface area contributed by atoms with Gasteiger partial charge in [-0.15, -0.1) is 0 Å². The van der Waals surface area contributed by atoms with E-state index in [4.69, 9.17) is 23.2 Å². The summed E-state index contributed by atoms with van der Waals surface area (Å²) in [5.41, 5.74) is 3.57. The van der Waals surface area contributed by atoms with Gasteiger partial charge in [0.15, 0.2) is 0 Å². The lowest BCUT2D eigenvalue weighted by Crippen LogP contribution is -2.15. The summed E-state index contributed by atoms with van der Waals surface area (Å²) >= 11 is 12.0. The van der Waals surface area contributed by atoms with Crippen LogP contribution in [-0.2, 0) is 6.42 Å². The van der Waals surface area contributed by atoms with Crippen LogP contribution >= 0.6 is 23.2 Å². The summed E-state index contributed by atoms with van der Waals surface area (Å²) in [6.45, 7) is 2.30. The molecule has 1 aromatic carbocycles. The molecule has 1 nitrogen and oxygen atoms in total. The smallest absolute Gasteiger partial charge is 0.147 e. The van der Waals surface area contributed by atoms with Crippen LogP contribution in [0.3, 0.4) is 0 Å². The number of halogens is 2. The first-order valence-corrected chi connectivity index (χ1v) is 10.8. The number of aromatic nitrogens is 1. The molecule has 0 atom stereocenters. The minimum absolute atomic E-state index is 0.358. The summed E-state index contributed by atoms with van der Waals surface area (Å²) < 4.78 is 0. The zero-order valence-electron chi connectivity index (χ0n) is 15.7. The van der Waals surface area contributed by atoms with Gasteiger partial charge in [-0.05, 0) is 41.9 Å². The highest BCUT2D eigenvalue weighted by Crippen LogP contribution is 2.34. The molecule has 1 saturated carbocycles. The molecule has 26 heavy (non-hydrogen) atoms. The van der Waals surface area contributed by atoms with Gasteiger partial charge in [-0.1, -0.05) is 99.3 Å². The van der Waals surface area contributed by atoms with Crippen LogP contribution in [-0.4, -0.2) is 4.98 Å². The Morgan fingerprint density at radius 2 is 1.58 bits per heavy atom. The van der Waals surface area contributed by atoms with Crippen LogP contribution < -0.4 is 0 Å². The predicted octanol–water partition coefficient (Wildman–Crippen LogP) is 7.98. The molecular weight excluding hydrogens is 361 g/mol. The van der Waals surface area contributed by atoms with Gasteiger partial charge in [-0.3, -0.25) is 0 Å². The largest absolute Gasteiger partial charge is 0.242 e. The Labute approximate surface area is 168 Å². The monoisotopic (exact) mass is 389 g/mol. The SMILES string of the molecule is CCCCC1CCC(CCc2ccc(-c3cnc(Cl)c(Cl)c3)cc2)CC1. The Morgan fingerprint density at radius 3 is 2.19 bits per heavy atom. The Morgan fingerprint density at radius 1 is 0.923 bits per heavy atom. The van der Waals surface area contributed by atoms with Crippen LogP contribution in [0, 0.1) is 11.8 Å². The topological polar surface area (TPSA) is 12.9 Å². The molecule has 1 aliphatic carbocycles. The quantitative estimate of drug-likeness (QED) is 0.437. The van der Waals surface area contributed by atoms with Crippen molar-refractivity contribution in [1.29, 1.82) is 0 Å². The first kappa shape index (κ1) is 19.7. The summed E-state index contributed by atoms with van der Waals surface area (Å²) in [6, 6.07) is 10.7. The molecule has 0 aliphatic heterocycles. The third-order valence-corrected chi connectivity index (χ3v) is 6.54. The highest BCUT2D eigenvalue weighted by molar-refractivity contribution is 6.41. The lowest BCUT2D eigenvalue weighted by Gasteiger charge is -2.28. The van der Waals surface area contributed by atoms with Gasteiger partial charge in [0.1, 0.15) is 5.15 Å². The van der Waals surface area contributed by atoms with Crippen LogP contribution in [0.15, 0.2) is 36.5 Å². The van der Waals surface area contributed by atoms with Gasteiger partial charge in [0.25, 0.3) is 0 Å². The lowest BCUT2D eigenvalue weighted by molar-refractivity contribution is 0.250. The molecule has 0 N–H and O–H groups in total. The van der Waals surface area contributed by atoms with Crippen LogP contribution in [0.25, 0.3) is 11.1 Å². The maximum atomic E-state index is 6.07. The fraction of sp³-hybridized carbons (Fsp3) is 0.522. The van der Waals surface area contributed by atoms with Gasteiger partial charge in [-0.25, -0.2) is 4.98 Å². The number of benzene rings is 1. The van der Waals surface area contributed by atoms with Crippen molar-refractivity contribution in [2.75, 3.05) is 0 Å². The first-order valence-electron chi connectivity index (χ1n) is 10.1. The van der Waals surface area contributed by atoms with Gasteiger partial charge in [-0.2, -0.15) is 0 Å². The molecule has 3 rings (SSSR count). The molecule has 1 fully saturated rings. The summed E-state index contributed by atoms with van der Waals surface area (Å²) in [4.78, 5) is 4.13. The van der Waals surface area contributed by atoms with Crippen molar-refractivity contribution in [2.45, 2.75) is 64.7 Å². The first-order chi connectivity index (χ1) is 12.7. The molecule has 3 heteroatoms. The summed E-state index contributed by atoms with van der Waals surface area (Å²) in [6.07, 6.45) is 14.3. The van der Waals surface area contributed by atoms with Crippen molar-refractivity contribution in [1.82, 2.24) is 4.98 Å². The Bertz CT molecular complexity index is 688. The van der Waals surface area contributed by atoms with E-state index in [0.717, 1.165) is 23.0 Å². The van der Waals surface area contributed by atoms with E-state index in [1.54, 1.807) is 6.20 Å². The second-order valence-electron chi connectivity index (χ2n) is 7.76. The Balaban J connectivity index is 1.48. The van der Waals surface area contributed by atoms with Crippen LogP contribution in [0.1, 0.15) is 63.9 Å². The van der Waals surface area contributed by atoms with Crippen molar-refractivity contribution < 1.29 is 0 Å². The fourth-order valence-electron chi connectivity index (χ4n) is 4.12. The number of pyridine rings is 1. The number of nitrogens with zero attached hydrogens (tertiary/aromatic N) is 1. The third kappa shape index (κ3) is 5.47. The zero-order valence-corrected chi connectivity index (χ0v) is 17.2. The number of aryl methyl sites for hydroxylation is 1. The van der Waals surface area contributed by atoms with Crippen LogP contribution in [0.5, 0.6) is 0 Å². The average Bonchev–Trinajstić information content (AvgIpc) is 2.68. The molecule has 0 unspecified atom stereocenters. The molecule has 1 aromatic heterocycles. The van der Waals surface area contributed by atoms with Gasteiger partial charge in [0.2, 0.25) is 0 Å². The van der Waals surface area contributed by atoms with E-state index in [1.807, 2.05) is 6.07 Å². The fourth-order valence-corrected chi connectivity index (χ4v) is 4.39. The maximum Gasteiger partial charge on any atom is 0.147 e. The van der Waals surface area contributed by atoms with Crippen molar-refractivity contribution in [3.63, 3.8) is 0 Å². The molecule has 1 heterocycles. The minimum Gasteiger partial charge on any atom is -0.242 e. The van der Waals surface area contributed by atoms with Crippen molar-refractivity contribution in [3.8, 4) is 11.1 Å². The summed E-state index contributed by atoms with van der Waals surface area (Å²) in [7, 11) is 0. The molecule has 0 bridgehead atoms. The second-order valence-corrected chi connectivity index (χ2v) is 8.53. The number of rotatable bonds is 7. The van der Waals surface area contributed by atoms with E-state index in [2.05, 4.69) is 36.2 Å². The van der Waals surface area contributed by atoms with E-state index < -0.39 is 0 Å². The minimum atomic E-state index is 0.358. The van der Waals surface area contributed by atoms with Crippen molar-refractivity contribution in [3.05, 3.63) is 52.3 Å². The van der Waals surface area contributed by atoms with Gasteiger partial charge >= 0.3 is 0 Å². The van der Waals surface area contributed by atoms with Crippen LogP contribution in [0.4, 0.5) is 0 Å². The highest BCUT2D eigenvalue weighted by atomic mass is 35.5. The van der Waals surface area contributed by atoms with Gasteiger partial charge in [0.05, 0.1) is 5.02 Å². The lowest BCUT2D eigenvalue weighted by atomic mass is 9.78. The molecule has 0 radical (unpaired) electrons. The predicted molar refractivity (Wildman–Crippen MR) is 113 cm³/mol. The normalized spacial score (nSPS) is 20.3. The zero-order chi connectivity index (χ0) is 18.4. The second kappa shape index (κ2) is 9.76. The van der Waals surface area contributed by atoms with E-state index in [1.165, 1.54) is 63.4 Å². The standard InChI is InChI=1S/C23H29Cl2N/c1-2-3-4-17-5-7-18(8-6-17)9-10-19-11-13-20(14-12-19)21-15-22(24)23(25)26-16-21/h11-18H,2-10H2,1H3. The molecule has 2 aromatic rings. The molecule has 0 amide bonds. The van der Waals surface area contributed by atoms with E-state index in [0.29, 0.717) is 10.2 Å². The number of unbranched alkanes of at least 4 members (excludes halogenated alkanes) is 1. The molecular formula is C23H29Cl2N. The Kier molecular flexibility index (Phi) is 7.40. The third-order valence-electron chi connectivity index (χ3n) is 5.86. The van der Waals surface area contributed by atoms with Gasteiger partial charge in [0, 0.05) is 11.8 Å². The van der Waals surface area contributed by atoms with E-state index in [-0.39, 0.29) is 0 Å². The maximum absolute atomic E-state index is 6.07. The Hall–Kier alpha value is -1.05. The highest BCUT2D eigenvalue weighted by Gasteiger charge is 2.20. The summed E-state index contributed by atoms with van der Waals surface area (Å²) in [5, 5.41) is 0.860. The number of hydrogen-bond acceptors (Lipinski definition) is 1. The van der Waals surface area contributed by atoms with Crippen molar-refractivity contribution >= 4 is 23.2 Å². The molecule has 0 saturated heterocycles. The van der Waals surface area contributed by atoms with Gasteiger partial charge < -0.3 is 0 Å².